The van der Waals surface area contributed by atoms with Crippen molar-refractivity contribution in [1.29, 1.82) is 0 Å². The van der Waals surface area contributed by atoms with Crippen LogP contribution in [0.1, 0.15) is 33.6 Å². The molecule has 5 aromatic rings. The van der Waals surface area contributed by atoms with Gasteiger partial charge in [-0.05, 0) is 31.0 Å². The van der Waals surface area contributed by atoms with E-state index in [0.717, 1.165) is 28.0 Å². The SMILES string of the molecule is COc1cc(OC)cc(N(CCCC2C(=O)c3ccccc3C2=O)c2ccc3ncc(-c4cn[nH]c4)nc3c2)c1. The van der Waals surface area contributed by atoms with Crippen LogP contribution in [0.5, 0.6) is 11.5 Å². The molecule has 9 heteroatoms. The number of carbonyl (C=O) groups excluding carboxylic acids is 2. The molecule has 40 heavy (non-hydrogen) atoms. The second kappa shape index (κ2) is 10.6. The lowest BCUT2D eigenvalue weighted by Gasteiger charge is -2.26. The summed E-state index contributed by atoms with van der Waals surface area (Å²) >= 11 is 0. The first-order valence-electron chi connectivity index (χ1n) is 13.0. The lowest BCUT2D eigenvalue weighted by atomic mass is 9.97. The van der Waals surface area contributed by atoms with Crippen molar-refractivity contribution in [3.05, 3.63) is 90.4 Å². The van der Waals surface area contributed by atoms with E-state index >= 15 is 0 Å². The van der Waals surface area contributed by atoms with Gasteiger partial charge in [-0.2, -0.15) is 5.10 Å². The predicted molar refractivity (Wildman–Crippen MR) is 151 cm³/mol. The van der Waals surface area contributed by atoms with Gasteiger partial charge in [0, 0.05) is 59.0 Å². The smallest absolute Gasteiger partial charge is 0.174 e. The van der Waals surface area contributed by atoms with Crippen molar-refractivity contribution < 1.29 is 19.1 Å². The first-order chi connectivity index (χ1) is 19.6. The van der Waals surface area contributed by atoms with Crippen LogP contribution < -0.4 is 14.4 Å². The minimum atomic E-state index is -0.654. The Bertz CT molecular complexity index is 1660. The topological polar surface area (TPSA) is 110 Å². The third-order valence-corrected chi connectivity index (χ3v) is 7.24. The number of nitrogens with zero attached hydrogens (tertiary/aromatic N) is 4. The summed E-state index contributed by atoms with van der Waals surface area (Å²) in [4.78, 5) is 37.5. The van der Waals surface area contributed by atoms with Gasteiger partial charge in [0.2, 0.25) is 0 Å². The molecule has 0 fully saturated rings. The lowest BCUT2D eigenvalue weighted by molar-refractivity contribution is 0.0830. The van der Waals surface area contributed by atoms with Gasteiger partial charge in [-0.3, -0.25) is 19.7 Å². The van der Waals surface area contributed by atoms with Crippen LogP contribution in [-0.4, -0.2) is 52.5 Å². The highest BCUT2D eigenvalue weighted by molar-refractivity contribution is 6.26. The number of Topliss-reactive ketones (excluding diaryl/α,β-unsaturated/α-hetero) is 2. The van der Waals surface area contributed by atoms with Crippen molar-refractivity contribution in [1.82, 2.24) is 20.2 Å². The zero-order chi connectivity index (χ0) is 27.6. The van der Waals surface area contributed by atoms with Gasteiger partial charge in [-0.15, -0.1) is 0 Å². The highest BCUT2D eigenvalue weighted by Gasteiger charge is 2.37. The molecule has 0 spiro atoms. The molecule has 2 heterocycles. The van der Waals surface area contributed by atoms with Crippen molar-refractivity contribution in [2.75, 3.05) is 25.7 Å². The number of ether oxygens (including phenoxy) is 2. The monoisotopic (exact) mass is 533 g/mol. The van der Waals surface area contributed by atoms with Crippen LogP contribution in [0, 0.1) is 5.92 Å². The average Bonchev–Trinajstić information content (AvgIpc) is 3.62. The molecule has 0 radical (unpaired) electrons. The molecule has 9 nitrogen and oxygen atoms in total. The molecule has 6 rings (SSSR count). The van der Waals surface area contributed by atoms with Crippen LogP contribution in [-0.2, 0) is 0 Å². The van der Waals surface area contributed by atoms with Gasteiger partial charge in [0.25, 0.3) is 0 Å². The molecule has 1 aliphatic carbocycles. The van der Waals surface area contributed by atoms with Gasteiger partial charge in [-0.25, -0.2) is 4.98 Å². The van der Waals surface area contributed by atoms with Crippen molar-refractivity contribution >= 4 is 34.0 Å². The molecule has 0 aliphatic heterocycles. The van der Waals surface area contributed by atoms with E-state index in [-0.39, 0.29) is 11.6 Å². The number of methoxy groups -OCH3 is 2. The van der Waals surface area contributed by atoms with E-state index in [0.29, 0.717) is 47.7 Å². The summed E-state index contributed by atoms with van der Waals surface area (Å²) in [6, 6.07) is 18.7. The number of ketones is 2. The van der Waals surface area contributed by atoms with Gasteiger partial charge < -0.3 is 14.4 Å². The fourth-order valence-corrected chi connectivity index (χ4v) is 5.18. The Morgan fingerprint density at radius 2 is 1.57 bits per heavy atom. The molecule has 2 aromatic heterocycles. The normalized spacial score (nSPS) is 13.1. The maximum atomic E-state index is 13.0. The highest BCUT2D eigenvalue weighted by atomic mass is 16.5. The van der Waals surface area contributed by atoms with Gasteiger partial charge >= 0.3 is 0 Å². The molecule has 0 saturated heterocycles. The average molecular weight is 534 g/mol. The summed E-state index contributed by atoms with van der Waals surface area (Å²) in [5, 5.41) is 6.82. The van der Waals surface area contributed by atoms with Gasteiger partial charge in [0.1, 0.15) is 11.5 Å². The number of anilines is 2. The Morgan fingerprint density at radius 3 is 2.23 bits per heavy atom. The van der Waals surface area contributed by atoms with E-state index in [4.69, 9.17) is 14.5 Å². The molecule has 0 unspecified atom stereocenters. The van der Waals surface area contributed by atoms with Gasteiger partial charge in [0.15, 0.2) is 11.6 Å². The van der Waals surface area contributed by atoms with Crippen LogP contribution in [0.4, 0.5) is 11.4 Å². The maximum absolute atomic E-state index is 13.0. The number of aromatic nitrogens is 4. The molecule has 0 bridgehead atoms. The highest BCUT2D eigenvalue weighted by Crippen LogP contribution is 2.35. The fraction of sp³-hybridized carbons (Fsp3) is 0.194. The molecule has 1 N–H and O–H groups in total. The first kappa shape index (κ1) is 25.2. The van der Waals surface area contributed by atoms with Crippen LogP contribution in [0.25, 0.3) is 22.3 Å². The molecular formula is C31H27N5O4. The molecule has 1 aliphatic rings. The zero-order valence-electron chi connectivity index (χ0n) is 22.1. The number of aromatic amines is 1. The van der Waals surface area contributed by atoms with Crippen molar-refractivity contribution in [3.8, 4) is 22.8 Å². The van der Waals surface area contributed by atoms with Crippen molar-refractivity contribution in [2.45, 2.75) is 12.8 Å². The third-order valence-electron chi connectivity index (χ3n) is 7.24. The van der Waals surface area contributed by atoms with Crippen LogP contribution in [0.15, 0.2) is 79.3 Å². The maximum Gasteiger partial charge on any atom is 0.174 e. The number of hydrogen-bond donors (Lipinski definition) is 1. The standard InChI is InChI=1S/C31H27N5O4/c1-39-22-12-21(13-23(15-22)40-2)36(11-5-8-26-30(37)24-6-3-4-7-25(24)31(26)38)20-9-10-27-28(14-20)35-29(18-32-27)19-16-33-34-17-19/h3-4,6-7,9-10,12-18,26H,5,8,11H2,1-2H3,(H,33,34). The molecule has 0 amide bonds. The summed E-state index contributed by atoms with van der Waals surface area (Å²) in [5.74, 6) is 0.461. The second-order valence-corrected chi connectivity index (χ2v) is 9.61. The van der Waals surface area contributed by atoms with E-state index in [1.807, 2.05) is 36.4 Å². The Kier molecular flexibility index (Phi) is 6.69. The molecule has 0 saturated carbocycles. The number of benzene rings is 3. The zero-order valence-corrected chi connectivity index (χ0v) is 22.1. The first-order valence-corrected chi connectivity index (χ1v) is 13.0. The van der Waals surface area contributed by atoms with E-state index in [1.54, 1.807) is 57.1 Å². The van der Waals surface area contributed by atoms with Crippen LogP contribution >= 0.6 is 0 Å². The summed E-state index contributed by atoms with van der Waals surface area (Å²) in [7, 11) is 3.22. The Hall–Kier alpha value is -5.05. The van der Waals surface area contributed by atoms with Crippen molar-refractivity contribution in [3.63, 3.8) is 0 Å². The van der Waals surface area contributed by atoms with Gasteiger partial charge in [-0.1, -0.05) is 24.3 Å². The molecule has 0 atom stereocenters. The molecule has 200 valence electrons. The summed E-state index contributed by atoms with van der Waals surface area (Å²) < 4.78 is 11.1. The van der Waals surface area contributed by atoms with Crippen LogP contribution in [0.3, 0.4) is 0 Å². The van der Waals surface area contributed by atoms with E-state index in [1.165, 1.54) is 0 Å². The quantitative estimate of drug-likeness (QED) is 0.242. The molecule has 3 aromatic carbocycles. The number of nitrogens with one attached hydrogen (secondary N) is 1. The third kappa shape index (κ3) is 4.66. The predicted octanol–water partition coefficient (Wildman–Crippen LogP) is 5.65. The summed E-state index contributed by atoms with van der Waals surface area (Å²) in [5.41, 5.74) is 5.83. The number of fused-ring (bicyclic) bond motifs is 2. The number of hydrogen-bond acceptors (Lipinski definition) is 8. The van der Waals surface area contributed by atoms with E-state index < -0.39 is 5.92 Å². The summed E-state index contributed by atoms with van der Waals surface area (Å²) in [6.45, 7) is 0.546. The Morgan fingerprint density at radius 1 is 0.850 bits per heavy atom. The number of rotatable bonds is 9. The van der Waals surface area contributed by atoms with E-state index in [9.17, 15) is 9.59 Å². The Labute approximate surface area is 230 Å². The minimum absolute atomic E-state index is 0.0945. The number of H-pyrrole nitrogens is 1. The lowest BCUT2D eigenvalue weighted by Crippen LogP contribution is -2.22. The summed E-state index contributed by atoms with van der Waals surface area (Å²) in [6.07, 6.45) is 6.26. The Balaban J connectivity index is 1.33. The second-order valence-electron chi connectivity index (χ2n) is 9.61. The minimum Gasteiger partial charge on any atom is -0.497 e. The van der Waals surface area contributed by atoms with Gasteiger partial charge in [0.05, 0.1) is 49.3 Å². The van der Waals surface area contributed by atoms with E-state index in [2.05, 4.69) is 20.1 Å². The largest absolute Gasteiger partial charge is 0.497 e. The number of carbonyl (C=O) groups is 2. The fourth-order valence-electron chi connectivity index (χ4n) is 5.18. The molecular weight excluding hydrogens is 506 g/mol. The van der Waals surface area contributed by atoms with Crippen LogP contribution in [0.2, 0.25) is 0 Å². The van der Waals surface area contributed by atoms with Crippen molar-refractivity contribution in [2.24, 2.45) is 5.92 Å².